The third-order valence-corrected chi connectivity index (χ3v) is 7.28. The standard InChI is InChI=1S/C23H33NO2.C3H8.H2/c1-18-19-9-12-22(11-7-15-24(3)4)10-6-5-8-20(22)21(19,2)13-14-23(18)25-16-17-26-23;1-3-2;/h8,19H,1,5-6,9-10,12-17H2,2-4H3;3H2,1-2H3;1H/t19?,21-,22?;;/m0../s1. The van der Waals surface area contributed by atoms with Gasteiger partial charge in [-0.25, -0.2) is 0 Å². The maximum absolute atomic E-state index is 6.07. The van der Waals surface area contributed by atoms with Crippen molar-refractivity contribution in [3.63, 3.8) is 0 Å². The van der Waals surface area contributed by atoms with Crippen molar-refractivity contribution in [1.82, 2.24) is 4.90 Å². The molecule has 0 radical (unpaired) electrons. The molecule has 3 fully saturated rings. The Bertz CT molecular complexity index is 698. The van der Waals surface area contributed by atoms with E-state index in [4.69, 9.17) is 9.47 Å². The molecular formula is C26H43NO2. The lowest BCUT2D eigenvalue weighted by atomic mass is 9.47. The molecule has 29 heavy (non-hydrogen) atoms. The van der Waals surface area contributed by atoms with Crippen molar-refractivity contribution in [2.24, 2.45) is 16.7 Å². The van der Waals surface area contributed by atoms with Crippen LogP contribution in [0.15, 0.2) is 23.8 Å². The number of fused-ring (bicyclic) bond motifs is 3. The lowest BCUT2D eigenvalue weighted by molar-refractivity contribution is -0.163. The van der Waals surface area contributed by atoms with Crippen LogP contribution in [0.2, 0.25) is 0 Å². The Kier molecular flexibility index (Phi) is 6.99. The smallest absolute Gasteiger partial charge is 0.190 e. The van der Waals surface area contributed by atoms with Crippen LogP contribution in [0.25, 0.3) is 0 Å². The molecular weight excluding hydrogens is 358 g/mol. The van der Waals surface area contributed by atoms with Gasteiger partial charge in [-0.3, -0.25) is 4.90 Å². The molecule has 1 spiro atoms. The zero-order chi connectivity index (χ0) is 21.1. The molecule has 3 atom stereocenters. The Balaban J connectivity index is 0.000000757. The molecule has 4 rings (SSSR count). The summed E-state index contributed by atoms with van der Waals surface area (Å²) in [6.45, 7) is 13.5. The van der Waals surface area contributed by atoms with E-state index in [-0.39, 0.29) is 12.3 Å². The predicted molar refractivity (Wildman–Crippen MR) is 123 cm³/mol. The summed E-state index contributed by atoms with van der Waals surface area (Å²) in [6, 6.07) is 0. The molecule has 164 valence electrons. The van der Waals surface area contributed by atoms with Gasteiger partial charge in [-0.15, -0.1) is 0 Å². The Labute approximate surface area is 180 Å². The fourth-order valence-electron chi connectivity index (χ4n) is 5.98. The van der Waals surface area contributed by atoms with Crippen LogP contribution in [-0.4, -0.2) is 44.5 Å². The van der Waals surface area contributed by atoms with Crippen LogP contribution in [0.5, 0.6) is 0 Å². The molecule has 3 nitrogen and oxygen atoms in total. The third kappa shape index (κ3) is 4.09. The van der Waals surface area contributed by atoms with Gasteiger partial charge < -0.3 is 9.47 Å². The maximum atomic E-state index is 6.07. The Hall–Kier alpha value is -1.08. The minimum atomic E-state index is -0.504. The molecule has 0 amide bonds. The van der Waals surface area contributed by atoms with Crippen molar-refractivity contribution in [2.75, 3.05) is 33.9 Å². The average molecular weight is 402 g/mol. The molecule has 0 N–H and O–H groups in total. The van der Waals surface area contributed by atoms with E-state index in [0.29, 0.717) is 19.1 Å². The first kappa shape index (κ1) is 22.6. The first-order valence-corrected chi connectivity index (χ1v) is 11.7. The van der Waals surface area contributed by atoms with Gasteiger partial charge in [0.15, 0.2) is 5.79 Å². The Morgan fingerprint density at radius 1 is 1.17 bits per heavy atom. The highest BCUT2D eigenvalue weighted by Crippen LogP contribution is 2.65. The van der Waals surface area contributed by atoms with Gasteiger partial charge in [0.05, 0.1) is 25.2 Å². The number of hydrogen-bond acceptors (Lipinski definition) is 3. The Morgan fingerprint density at radius 3 is 2.52 bits per heavy atom. The van der Waals surface area contributed by atoms with Crippen LogP contribution in [-0.2, 0) is 9.47 Å². The van der Waals surface area contributed by atoms with Crippen LogP contribution < -0.4 is 0 Å². The normalized spacial score (nSPS) is 35.0. The van der Waals surface area contributed by atoms with Crippen molar-refractivity contribution in [3.8, 4) is 11.8 Å². The van der Waals surface area contributed by atoms with Gasteiger partial charge in [0.1, 0.15) is 0 Å². The summed E-state index contributed by atoms with van der Waals surface area (Å²) in [5.74, 6) is 7.17. The first-order valence-electron chi connectivity index (χ1n) is 11.7. The molecule has 2 unspecified atom stereocenters. The zero-order valence-electron chi connectivity index (χ0n) is 19.4. The number of nitrogens with zero attached hydrogens (tertiary/aromatic N) is 1. The molecule has 0 aromatic heterocycles. The summed E-state index contributed by atoms with van der Waals surface area (Å²) >= 11 is 0. The highest BCUT2D eigenvalue weighted by Gasteiger charge is 2.59. The second-order valence-corrected chi connectivity index (χ2v) is 9.82. The van der Waals surface area contributed by atoms with Gasteiger partial charge in [-0.2, -0.15) is 0 Å². The molecule has 1 aliphatic heterocycles. The van der Waals surface area contributed by atoms with E-state index in [2.05, 4.69) is 64.3 Å². The van der Waals surface area contributed by atoms with Crippen molar-refractivity contribution in [1.29, 1.82) is 0 Å². The van der Waals surface area contributed by atoms with Crippen LogP contribution in [0, 0.1) is 28.6 Å². The number of rotatable bonds is 1. The topological polar surface area (TPSA) is 21.7 Å². The second-order valence-electron chi connectivity index (χ2n) is 9.82. The summed E-state index contributed by atoms with van der Waals surface area (Å²) in [7, 11) is 4.18. The molecule has 0 aromatic rings. The summed E-state index contributed by atoms with van der Waals surface area (Å²) in [6.07, 6.45) is 11.8. The molecule has 0 aromatic carbocycles. The van der Waals surface area contributed by atoms with Crippen LogP contribution in [0.1, 0.15) is 73.6 Å². The van der Waals surface area contributed by atoms with E-state index in [1.807, 2.05) is 0 Å². The summed E-state index contributed by atoms with van der Waals surface area (Å²) in [4.78, 5) is 2.16. The monoisotopic (exact) mass is 401 g/mol. The van der Waals surface area contributed by atoms with E-state index in [1.165, 1.54) is 31.3 Å². The third-order valence-electron chi connectivity index (χ3n) is 7.28. The van der Waals surface area contributed by atoms with E-state index in [9.17, 15) is 0 Å². The van der Waals surface area contributed by atoms with Gasteiger partial charge in [0.2, 0.25) is 0 Å². The first-order chi connectivity index (χ1) is 13.8. The highest BCUT2D eigenvalue weighted by molar-refractivity contribution is 5.41. The van der Waals surface area contributed by atoms with Gasteiger partial charge in [0, 0.05) is 7.85 Å². The zero-order valence-corrected chi connectivity index (χ0v) is 19.4. The minimum absolute atomic E-state index is 0. The quantitative estimate of drug-likeness (QED) is 0.408. The SMILES string of the molecule is C=C1C2CCC3(C#CCN(C)C)CCCC=C3[C@@]2(C)CCC12OCCO2.CCC.[HH]. The minimum Gasteiger partial charge on any atom is -0.344 e. The van der Waals surface area contributed by atoms with Crippen molar-refractivity contribution in [2.45, 2.75) is 77.9 Å². The van der Waals surface area contributed by atoms with Crippen LogP contribution in [0.3, 0.4) is 0 Å². The maximum Gasteiger partial charge on any atom is 0.190 e. The van der Waals surface area contributed by atoms with E-state index < -0.39 is 5.79 Å². The second kappa shape index (κ2) is 8.96. The summed E-state index contributed by atoms with van der Waals surface area (Å²) in [5, 5.41) is 0. The van der Waals surface area contributed by atoms with Gasteiger partial charge >= 0.3 is 0 Å². The molecule has 3 heteroatoms. The average Bonchev–Trinajstić information content (AvgIpc) is 3.16. The summed E-state index contributed by atoms with van der Waals surface area (Å²) < 4.78 is 12.1. The van der Waals surface area contributed by atoms with Crippen molar-refractivity contribution < 1.29 is 10.9 Å². The van der Waals surface area contributed by atoms with E-state index in [1.54, 1.807) is 5.57 Å². The predicted octanol–water partition coefficient (Wildman–Crippen LogP) is 5.82. The summed E-state index contributed by atoms with van der Waals surface area (Å²) in [5.41, 5.74) is 3.03. The largest absolute Gasteiger partial charge is 0.344 e. The van der Waals surface area contributed by atoms with Crippen molar-refractivity contribution in [3.05, 3.63) is 23.8 Å². The Morgan fingerprint density at radius 2 is 1.86 bits per heavy atom. The lowest BCUT2D eigenvalue weighted by Gasteiger charge is -2.58. The molecule has 3 aliphatic carbocycles. The highest BCUT2D eigenvalue weighted by atomic mass is 16.7. The van der Waals surface area contributed by atoms with E-state index in [0.717, 1.165) is 32.2 Å². The number of ether oxygens (including phenoxy) is 2. The number of allylic oxidation sites excluding steroid dienone is 2. The fraction of sp³-hybridized carbons (Fsp3) is 0.769. The molecule has 1 saturated heterocycles. The number of hydrogen-bond donors (Lipinski definition) is 0. The molecule has 2 saturated carbocycles. The van der Waals surface area contributed by atoms with Gasteiger partial charge in [0.25, 0.3) is 0 Å². The lowest BCUT2D eigenvalue weighted by Crippen LogP contribution is -2.53. The molecule has 0 bridgehead atoms. The van der Waals surface area contributed by atoms with Crippen molar-refractivity contribution >= 4 is 0 Å². The fourth-order valence-corrected chi connectivity index (χ4v) is 5.98. The van der Waals surface area contributed by atoms with Gasteiger partial charge in [-0.1, -0.05) is 51.7 Å². The molecule has 1 heterocycles. The molecule has 4 aliphatic rings. The van der Waals surface area contributed by atoms with Crippen LogP contribution >= 0.6 is 0 Å². The van der Waals surface area contributed by atoms with Gasteiger partial charge in [-0.05, 0) is 75.1 Å². The van der Waals surface area contributed by atoms with E-state index >= 15 is 0 Å². The van der Waals surface area contributed by atoms with Crippen LogP contribution in [0.4, 0.5) is 0 Å².